The molecule has 1 aromatic rings. The van der Waals surface area contributed by atoms with Crippen LogP contribution in [-0.4, -0.2) is 23.0 Å². The van der Waals surface area contributed by atoms with Crippen molar-refractivity contribution in [3.8, 4) is 0 Å². The van der Waals surface area contributed by atoms with Gasteiger partial charge < -0.3 is 0 Å². The summed E-state index contributed by atoms with van der Waals surface area (Å²) in [5.74, 6) is 0. The zero-order valence-corrected chi connectivity index (χ0v) is 8.18. The summed E-state index contributed by atoms with van der Waals surface area (Å²) in [7, 11) is 0. The topological polar surface area (TPSA) is 0 Å². The summed E-state index contributed by atoms with van der Waals surface area (Å²) in [5.41, 5.74) is 1.35. The van der Waals surface area contributed by atoms with Crippen LogP contribution in [0.4, 0.5) is 0 Å². The van der Waals surface area contributed by atoms with E-state index in [2.05, 4.69) is 31.2 Å². The molecule has 1 heteroatoms. The first kappa shape index (κ1) is 6.16. The van der Waals surface area contributed by atoms with Gasteiger partial charge in [-0.25, -0.2) is 0 Å². The first-order valence-corrected chi connectivity index (χ1v) is 4.26. The molecule has 0 spiro atoms. The molecule has 0 amide bonds. The summed E-state index contributed by atoms with van der Waals surface area (Å²) >= 11 is 1.23. The Hall–Kier alpha value is 0.0382. The molecule has 0 bridgehead atoms. The fraction of sp³-hybridized carbons (Fsp3) is 0.143. The molecule has 0 aliphatic carbocycles. The molecule has 0 fully saturated rings. The molecule has 8 heavy (non-hydrogen) atoms. The van der Waals surface area contributed by atoms with Crippen LogP contribution in [-0.2, 0) is 0 Å². The number of hydrogen-bond donors (Lipinski definition) is 0. The summed E-state index contributed by atoms with van der Waals surface area (Å²) in [4.78, 5) is 0. The summed E-state index contributed by atoms with van der Waals surface area (Å²) in [6.07, 6.45) is 0. The Bertz CT molecular complexity index is 143. The molecule has 1 rings (SSSR count). The zero-order valence-electron chi connectivity index (χ0n) is 4.89. The zero-order chi connectivity index (χ0) is 5.98. The molecule has 0 saturated heterocycles. The Kier molecular flexibility index (Phi) is 1.96. The van der Waals surface area contributed by atoms with Crippen molar-refractivity contribution in [1.29, 1.82) is 0 Å². The average molecular weight is 215 g/mol. The monoisotopic (exact) mass is 214 g/mol. The number of benzene rings is 1. The number of hydrogen-bond acceptors (Lipinski definition) is 0. The predicted molar refractivity (Wildman–Crippen MR) is 39.4 cm³/mol. The summed E-state index contributed by atoms with van der Waals surface area (Å²) in [5, 5.41) is 0. The van der Waals surface area contributed by atoms with Crippen molar-refractivity contribution >= 4 is 26.5 Å². The van der Waals surface area contributed by atoms with E-state index in [1.54, 1.807) is 0 Å². The third-order valence-electron chi connectivity index (χ3n) is 1.08. The van der Waals surface area contributed by atoms with Gasteiger partial charge in [-0.2, -0.15) is 0 Å². The van der Waals surface area contributed by atoms with Gasteiger partial charge in [-0.1, -0.05) is 0 Å². The Morgan fingerprint density at radius 1 is 1.12 bits per heavy atom. The Balaban J connectivity index is 3.03. The van der Waals surface area contributed by atoms with E-state index >= 15 is 0 Å². The quantitative estimate of drug-likeness (QED) is 0.544. The molecular weight excluding hydrogens is 206 g/mol. The van der Waals surface area contributed by atoms with Crippen LogP contribution in [0.5, 0.6) is 0 Å². The normalized spacial score (nSPS) is 9.25. The van der Waals surface area contributed by atoms with Crippen LogP contribution in [0, 0.1) is 6.92 Å². The van der Waals surface area contributed by atoms with Gasteiger partial charge in [0, 0.05) is 0 Å². The second kappa shape index (κ2) is 2.55. The molecule has 0 heterocycles. The summed E-state index contributed by atoms with van der Waals surface area (Å²) in [6, 6.07) is 8.66. The third-order valence-corrected chi connectivity index (χ3v) is 2.18. The molecule has 0 nitrogen and oxygen atoms in total. The summed E-state index contributed by atoms with van der Waals surface area (Å²) < 4.78 is 1.46. The second-order valence-corrected chi connectivity index (χ2v) is 3.81. The average Bonchev–Trinajstić information content (AvgIpc) is 1.77. The molecule has 0 unspecified atom stereocenters. The molecule has 0 saturated carbocycles. The minimum atomic E-state index is 1.23. The van der Waals surface area contributed by atoms with Gasteiger partial charge in [0.2, 0.25) is 0 Å². The van der Waals surface area contributed by atoms with E-state index in [9.17, 15) is 0 Å². The predicted octanol–water partition coefficient (Wildman–Crippen LogP) is 0.253. The standard InChI is InChI=1S/C7H7.Sb.2H/c1-7-5-3-2-4-6-7;;;/h3-6H,1H3;;;. The van der Waals surface area contributed by atoms with Crippen molar-refractivity contribution in [1.82, 2.24) is 0 Å². The van der Waals surface area contributed by atoms with Crippen LogP contribution in [0.25, 0.3) is 0 Å². The van der Waals surface area contributed by atoms with Crippen LogP contribution in [0.3, 0.4) is 0 Å². The van der Waals surface area contributed by atoms with Crippen molar-refractivity contribution in [2.24, 2.45) is 0 Å². The van der Waals surface area contributed by atoms with Gasteiger partial charge in [0.05, 0.1) is 0 Å². The van der Waals surface area contributed by atoms with Crippen LogP contribution in [0.2, 0.25) is 0 Å². The second-order valence-electron chi connectivity index (χ2n) is 1.91. The summed E-state index contributed by atoms with van der Waals surface area (Å²) in [6.45, 7) is 2.11. The minimum absolute atomic E-state index is 1.23. The van der Waals surface area contributed by atoms with Gasteiger partial charge in [0.1, 0.15) is 0 Å². The van der Waals surface area contributed by atoms with Crippen molar-refractivity contribution in [3.05, 3.63) is 29.8 Å². The van der Waals surface area contributed by atoms with E-state index in [1.807, 2.05) is 0 Å². The molecule has 0 radical (unpaired) electrons. The van der Waals surface area contributed by atoms with Gasteiger partial charge in [-0.3, -0.25) is 0 Å². The molecule has 1 aromatic carbocycles. The van der Waals surface area contributed by atoms with Crippen LogP contribution in [0.1, 0.15) is 5.56 Å². The number of rotatable bonds is 0. The van der Waals surface area contributed by atoms with Gasteiger partial charge >= 0.3 is 63.3 Å². The molecule has 0 N–H and O–H groups in total. The maximum absolute atomic E-state index is 2.18. The van der Waals surface area contributed by atoms with Crippen LogP contribution < -0.4 is 3.51 Å². The molecule has 42 valence electrons. The molecule has 0 aromatic heterocycles. The van der Waals surface area contributed by atoms with E-state index in [4.69, 9.17) is 0 Å². The van der Waals surface area contributed by atoms with Gasteiger partial charge in [-0.05, 0) is 0 Å². The van der Waals surface area contributed by atoms with Crippen molar-refractivity contribution in [3.63, 3.8) is 0 Å². The van der Waals surface area contributed by atoms with Gasteiger partial charge in [0.25, 0.3) is 0 Å². The molecule has 0 aliphatic heterocycles. The fourth-order valence-corrected chi connectivity index (χ4v) is 1.12. The first-order chi connectivity index (χ1) is 3.79. The number of aryl methyl sites for hydroxylation is 1. The molecular formula is C7H9Sb. The maximum atomic E-state index is 2.18. The Labute approximate surface area is 63.4 Å². The van der Waals surface area contributed by atoms with Crippen LogP contribution >= 0.6 is 0 Å². The van der Waals surface area contributed by atoms with E-state index in [0.717, 1.165) is 0 Å². The molecule has 0 aliphatic rings. The van der Waals surface area contributed by atoms with E-state index in [0.29, 0.717) is 0 Å². The van der Waals surface area contributed by atoms with E-state index in [1.165, 1.54) is 32.1 Å². The van der Waals surface area contributed by atoms with Crippen molar-refractivity contribution in [2.45, 2.75) is 6.92 Å². The third kappa shape index (κ3) is 1.52. The van der Waals surface area contributed by atoms with Crippen LogP contribution in [0.15, 0.2) is 24.3 Å². The SMILES string of the molecule is Cc1cc[c]([SbH2])cc1. The van der Waals surface area contributed by atoms with Gasteiger partial charge in [0.15, 0.2) is 0 Å². The first-order valence-electron chi connectivity index (χ1n) is 2.61. The van der Waals surface area contributed by atoms with E-state index in [-0.39, 0.29) is 0 Å². The van der Waals surface area contributed by atoms with Crippen molar-refractivity contribution < 1.29 is 0 Å². The van der Waals surface area contributed by atoms with E-state index < -0.39 is 0 Å². The molecule has 0 atom stereocenters. The fourth-order valence-electron chi connectivity index (χ4n) is 0.566. The Morgan fingerprint density at radius 2 is 1.62 bits per heavy atom. The van der Waals surface area contributed by atoms with Crippen molar-refractivity contribution in [2.75, 3.05) is 0 Å². The Morgan fingerprint density at radius 3 is 2.00 bits per heavy atom. The van der Waals surface area contributed by atoms with Gasteiger partial charge in [-0.15, -0.1) is 0 Å².